The van der Waals surface area contributed by atoms with E-state index in [0.29, 0.717) is 0 Å². The van der Waals surface area contributed by atoms with E-state index < -0.39 is 21.7 Å². The van der Waals surface area contributed by atoms with E-state index in [4.69, 9.17) is 21.9 Å². The van der Waals surface area contributed by atoms with Crippen molar-refractivity contribution in [3.63, 3.8) is 0 Å². The molecule has 0 radical (unpaired) electrons. The Balaban J connectivity index is 1.65. The second kappa shape index (κ2) is 10.0. The first-order valence-corrected chi connectivity index (χ1v) is 16.9. The molecular weight excluding hydrogens is 519 g/mol. The molecule has 0 amide bonds. The van der Waals surface area contributed by atoms with Gasteiger partial charge in [-0.15, -0.1) is 0 Å². The summed E-state index contributed by atoms with van der Waals surface area (Å²) in [5.41, 5.74) is 9.77. The molecule has 1 aliphatic rings. The molecule has 0 heterocycles. The van der Waals surface area contributed by atoms with Gasteiger partial charge in [-0.1, -0.05) is 0 Å². The van der Waals surface area contributed by atoms with Gasteiger partial charge in [0.1, 0.15) is 0 Å². The molecule has 1 nitrogen and oxygen atoms in total. The van der Waals surface area contributed by atoms with Gasteiger partial charge in [0, 0.05) is 0 Å². The Morgan fingerprint density at radius 1 is 0.528 bits per heavy atom. The van der Waals surface area contributed by atoms with Crippen molar-refractivity contribution in [1.82, 2.24) is 0 Å². The zero-order valence-electron chi connectivity index (χ0n) is 19.5. The third kappa shape index (κ3) is 4.06. The summed E-state index contributed by atoms with van der Waals surface area (Å²) in [6.45, 7) is 0. The SMILES string of the molecule is [Cl][Ti]([Cl])[O]C(c1ccccc1)(c1ccccc1)c1ccccc1-c1cccc2c1Cc1ccccc1-2. The average Bonchev–Trinajstić information content (AvgIpc) is 3.32. The predicted molar refractivity (Wildman–Crippen MR) is 146 cm³/mol. The van der Waals surface area contributed by atoms with Crippen LogP contribution < -0.4 is 0 Å². The van der Waals surface area contributed by atoms with Crippen LogP contribution in [0.25, 0.3) is 22.3 Å². The van der Waals surface area contributed by atoms with E-state index in [1.165, 1.54) is 27.8 Å². The molecule has 0 fully saturated rings. The first kappa shape index (κ1) is 23.7. The van der Waals surface area contributed by atoms with Gasteiger partial charge in [-0.3, -0.25) is 0 Å². The van der Waals surface area contributed by atoms with Gasteiger partial charge in [-0.25, -0.2) is 0 Å². The van der Waals surface area contributed by atoms with Crippen LogP contribution in [0.4, 0.5) is 0 Å². The van der Waals surface area contributed by atoms with Crippen LogP contribution in [0.15, 0.2) is 127 Å². The molecule has 0 saturated carbocycles. The summed E-state index contributed by atoms with van der Waals surface area (Å²) in [6.07, 6.45) is 0.907. The fourth-order valence-corrected chi connectivity index (χ4v) is 7.40. The van der Waals surface area contributed by atoms with Gasteiger partial charge >= 0.3 is 228 Å². The van der Waals surface area contributed by atoms with Crippen molar-refractivity contribution in [2.24, 2.45) is 0 Å². The van der Waals surface area contributed by atoms with Gasteiger partial charge in [0.05, 0.1) is 0 Å². The Labute approximate surface area is 226 Å². The summed E-state index contributed by atoms with van der Waals surface area (Å²) >= 11 is -2.84. The van der Waals surface area contributed by atoms with E-state index >= 15 is 0 Å². The molecule has 0 atom stereocenters. The van der Waals surface area contributed by atoms with Crippen LogP contribution in [-0.2, 0) is 31.5 Å². The van der Waals surface area contributed by atoms with E-state index in [-0.39, 0.29) is 0 Å². The second-order valence-electron chi connectivity index (χ2n) is 8.95. The van der Waals surface area contributed by atoms with Gasteiger partial charge in [0.25, 0.3) is 0 Å². The first-order chi connectivity index (χ1) is 17.7. The van der Waals surface area contributed by atoms with Crippen molar-refractivity contribution in [2.45, 2.75) is 12.0 Å². The molecule has 175 valence electrons. The number of hydrogen-bond acceptors (Lipinski definition) is 1. The van der Waals surface area contributed by atoms with Crippen molar-refractivity contribution >= 4 is 18.6 Å². The fraction of sp³-hybridized carbons (Fsp3) is 0.0625. The molecule has 0 bridgehead atoms. The van der Waals surface area contributed by atoms with Crippen molar-refractivity contribution in [2.75, 3.05) is 0 Å². The Bertz CT molecular complexity index is 1480. The normalized spacial score (nSPS) is 12.2. The zero-order valence-corrected chi connectivity index (χ0v) is 22.6. The standard InChI is InChI=1S/C32H23O.2ClH.Ti/c33-32(24-13-3-1-4-14-24,25-15-5-2-6-16-25)31-21-10-9-18-29(31)28-20-11-19-27-26-17-8-7-12-23(26)22-30(27)28;;;/h1-21H,22H2;2*1H;/q-1;;;+3/p-2. The van der Waals surface area contributed by atoms with Crippen molar-refractivity contribution in [3.8, 4) is 22.3 Å². The molecule has 1 aliphatic carbocycles. The van der Waals surface area contributed by atoms with Crippen LogP contribution in [0.5, 0.6) is 0 Å². The molecule has 0 saturated heterocycles. The summed E-state index contributed by atoms with van der Waals surface area (Å²) < 4.78 is 6.74. The molecule has 0 unspecified atom stereocenters. The number of hydrogen-bond donors (Lipinski definition) is 0. The van der Waals surface area contributed by atoms with Crippen molar-refractivity contribution in [3.05, 3.63) is 155 Å². The predicted octanol–water partition coefficient (Wildman–Crippen LogP) is 9.07. The van der Waals surface area contributed by atoms with E-state index in [9.17, 15) is 0 Å². The Morgan fingerprint density at radius 2 is 1.03 bits per heavy atom. The van der Waals surface area contributed by atoms with Crippen LogP contribution in [0.1, 0.15) is 27.8 Å². The summed E-state index contributed by atoms with van der Waals surface area (Å²) in [6, 6.07) is 44.4. The molecule has 5 aromatic rings. The minimum absolute atomic E-state index is 0.907. The molecule has 6 rings (SSSR count). The molecule has 4 heteroatoms. The number of benzene rings is 5. The summed E-state index contributed by atoms with van der Waals surface area (Å²) in [4.78, 5) is 0. The average molecular weight is 542 g/mol. The molecule has 0 spiro atoms. The van der Waals surface area contributed by atoms with Crippen LogP contribution in [0.2, 0.25) is 0 Å². The van der Waals surface area contributed by atoms with Crippen LogP contribution >= 0.6 is 18.6 Å². The third-order valence-electron chi connectivity index (χ3n) is 7.04. The number of rotatable bonds is 6. The second-order valence-corrected chi connectivity index (χ2v) is 13.6. The van der Waals surface area contributed by atoms with Gasteiger partial charge in [0.15, 0.2) is 0 Å². The maximum absolute atomic E-state index is 6.74. The quantitative estimate of drug-likeness (QED) is 0.151. The first-order valence-electron chi connectivity index (χ1n) is 12.0. The molecule has 0 N–H and O–H groups in total. The van der Waals surface area contributed by atoms with E-state index in [1.54, 1.807) is 0 Å². The van der Waals surface area contributed by atoms with Gasteiger partial charge < -0.3 is 0 Å². The van der Waals surface area contributed by atoms with Gasteiger partial charge in [-0.05, 0) is 0 Å². The van der Waals surface area contributed by atoms with Gasteiger partial charge in [0.2, 0.25) is 0 Å². The number of halogens is 2. The minimum atomic E-state index is -2.84. The number of fused-ring (bicyclic) bond motifs is 3. The van der Waals surface area contributed by atoms with Crippen LogP contribution in [0.3, 0.4) is 0 Å². The third-order valence-corrected chi connectivity index (χ3v) is 8.39. The van der Waals surface area contributed by atoms with Gasteiger partial charge in [-0.2, -0.15) is 0 Å². The maximum atomic E-state index is 6.74. The summed E-state index contributed by atoms with van der Waals surface area (Å²) in [5, 5.41) is 0. The monoisotopic (exact) mass is 541 g/mol. The molecular formula is C32H23Cl2OTi. The van der Waals surface area contributed by atoms with Crippen LogP contribution in [0, 0.1) is 0 Å². The topological polar surface area (TPSA) is 9.23 Å². The summed E-state index contributed by atoms with van der Waals surface area (Å²) in [7, 11) is 13.1. The fourth-order valence-electron chi connectivity index (χ4n) is 5.55. The summed E-state index contributed by atoms with van der Waals surface area (Å²) in [5.74, 6) is 0. The molecule has 36 heavy (non-hydrogen) atoms. The zero-order chi connectivity index (χ0) is 24.5. The molecule has 0 aliphatic heterocycles. The van der Waals surface area contributed by atoms with Crippen molar-refractivity contribution in [1.29, 1.82) is 0 Å². The van der Waals surface area contributed by atoms with Crippen molar-refractivity contribution < 1.29 is 19.5 Å². The van der Waals surface area contributed by atoms with E-state index in [2.05, 4.69) is 91.0 Å². The van der Waals surface area contributed by atoms with E-state index in [1.807, 2.05) is 36.4 Å². The molecule has 5 aromatic carbocycles. The Hall–Kier alpha value is -2.65. The van der Waals surface area contributed by atoms with Crippen LogP contribution in [-0.4, -0.2) is 0 Å². The van der Waals surface area contributed by atoms with E-state index in [0.717, 1.165) is 28.7 Å². The Morgan fingerprint density at radius 3 is 1.67 bits per heavy atom. The molecule has 0 aromatic heterocycles. The Kier molecular flexibility index (Phi) is 6.60.